The lowest BCUT2D eigenvalue weighted by Crippen LogP contribution is -2.39. The molecule has 1 fully saturated rings. The maximum atomic E-state index is 13.3. The largest absolute Gasteiger partial charge is 0.497 e. The number of ether oxygens (including phenoxy) is 1. The first-order chi connectivity index (χ1) is 17.5. The van der Waals surface area contributed by atoms with Crippen LogP contribution in [0, 0.1) is 6.92 Å². The Morgan fingerprint density at radius 3 is 2.47 bits per heavy atom. The maximum absolute atomic E-state index is 13.3. The predicted octanol–water partition coefficient (Wildman–Crippen LogP) is 5.10. The summed E-state index contributed by atoms with van der Waals surface area (Å²) >= 11 is 0. The summed E-state index contributed by atoms with van der Waals surface area (Å²) in [6, 6.07) is 24.9. The Hall–Kier alpha value is -4.39. The van der Waals surface area contributed by atoms with Crippen molar-refractivity contribution in [1.29, 1.82) is 0 Å². The van der Waals surface area contributed by atoms with Gasteiger partial charge in [-0.25, -0.2) is 4.98 Å². The molecule has 0 spiro atoms. The number of aryl methyl sites for hydroxylation is 1. The molecular formula is C29H28N4O3. The minimum Gasteiger partial charge on any atom is -0.497 e. The van der Waals surface area contributed by atoms with Crippen molar-refractivity contribution in [3.63, 3.8) is 0 Å². The van der Waals surface area contributed by atoms with Gasteiger partial charge in [-0.1, -0.05) is 54.1 Å². The Morgan fingerprint density at radius 1 is 1.03 bits per heavy atom. The average Bonchev–Trinajstić information content (AvgIpc) is 3.67. The lowest BCUT2D eigenvalue weighted by Gasteiger charge is -2.22. The normalized spacial score (nSPS) is 12.7. The number of carbonyl (C=O) groups excluding carboxylic acids is 2. The first-order valence-corrected chi connectivity index (χ1v) is 12.0. The van der Waals surface area contributed by atoms with Gasteiger partial charge in [-0.15, -0.1) is 0 Å². The van der Waals surface area contributed by atoms with Crippen molar-refractivity contribution >= 4 is 17.8 Å². The van der Waals surface area contributed by atoms with Crippen molar-refractivity contribution in [3.05, 3.63) is 96.2 Å². The van der Waals surface area contributed by atoms with E-state index < -0.39 is 0 Å². The number of anilines is 1. The van der Waals surface area contributed by atoms with Crippen LogP contribution >= 0.6 is 0 Å². The van der Waals surface area contributed by atoms with Gasteiger partial charge in [0.15, 0.2) is 0 Å². The molecule has 3 aromatic carbocycles. The van der Waals surface area contributed by atoms with Crippen LogP contribution in [0.4, 0.5) is 5.95 Å². The number of hydrogen-bond donors (Lipinski definition) is 1. The number of rotatable bonds is 8. The second kappa shape index (κ2) is 10.1. The number of benzene rings is 3. The lowest BCUT2D eigenvalue weighted by atomic mass is 10.2. The van der Waals surface area contributed by atoms with E-state index in [9.17, 15) is 9.59 Å². The molecule has 0 saturated heterocycles. The molecule has 1 aliphatic rings. The molecule has 1 saturated carbocycles. The van der Waals surface area contributed by atoms with Crippen molar-refractivity contribution in [2.45, 2.75) is 25.8 Å². The number of carbonyl (C=O) groups is 2. The van der Waals surface area contributed by atoms with E-state index in [4.69, 9.17) is 9.72 Å². The van der Waals surface area contributed by atoms with Crippen molar-refractivity contribution in [2.24, 2.45) is 0 Å². The van der Waals surface area contributed by atoms with Gasteiger partial charge < -0.3 is 9.64 Å². The van der Waals surface area contributed by atoms with E-state index in [1.54, 1.807) is 36.3 Å². The van der Waals surface area contributed by atoms with E-state index in [0.717, 1.165) is 35.3 Å². The Balaban J connectivity index is 1.40. The summed E-state index contributed by atoms with van der Waals surface area (Å²) in [5.41, 5.74) is 4.23. The third kappa shape index (κ3) is 5.15. The quantitative estimate of drug-likeness (QED) is 0.381. The van der Waals surface area contributed by atoms with Gasteiger partial charge in [0.1, 0.15) is 12.3 Å². The molecular weight excluding hydrogens is 452 g/mol. The van der Waals surface area contributed by atoms with Crippen molar-refractivity contribution in [2.75, 3.05) is 19.0 Å². The van der Waals surface area contributed by atoms with E-state index >= 15 is 0 Å². The van der Waals surface area contributed by atoms with Gasteiger partial charge in [-0.3, -0.25) is 19.5 Å². The molecule has 0 radical (unpaired) electrons. The molecule has 0 atom stereocenters. The Bertz CT molecular complexity index is 1380. The fourth-order valence-corrected chi connectivity index (χ4v) is 4.11. The highest BCUT2D eigenvalue weighted by atomic mass is 16.5. The molecule has 1 aliphatic carbocycles. The van der Waals surface area contributed by atoms with Crippen LogP contribution in [0.15, 0.2) is 85.1 Å². The Kier molecular flexibility index (Phi) is 6.54. The molecule has 0 aliphatic heterocycles. The second-order valence-corrected chi connectivity index (χ2v) is 8.97. The summed E-state index contributed by atoms with van der Waals surface area (Å²) in [4.78, 5) is 32.8. The van der Waals surface area contributed by atoms with E-state index in [2.05, 4.69) is 5.32 Å². The highest BCUT2D eigenvalue weighted by molar-refractivity contribution is 5.99. The monoisotopic (exact) mass is 480 g/mol. The second-order valence-electron chi connectivity index (χ2n) is 8.97. The van der Waals surface area contributed by atoms with Gasteiger partial charge in [-0.2, -0.15) is 0 Å². The molecule has 7 nitrogen and oxygen atoms in total. The van der Waals surface area contributed by atoms with Gasteiger partial charge in [0, 0.05) is 29.1 Å². The third-order valence-electron chi connectivity index (χ3n) is 6.22. The summed E-state index contributed by atoms with van der Waals surface area (Å²) < 4.78 is 7.13. The zero-order chi connectivity index (χ0) is 25.1. The number of methoxy groups -OCH3 is 1. The Morgan fingerprint density at radius 2 is 1.78 bits per heavy atom. The van der Waals surface area contributed by atoms with Crippen LogP contribution in [0.3, 0.4) is 0 Å². The number of nitrogens with one attached hydrogen (secondary N) is 1. The first kappa shape index (κ1) is 23.4. The molecule has 182 valence electrons. The topological polar surface area (TPSA) is 76.5 Å². The fourth-order valence-electron chi connectivity index (χ4n) is 4.11. The van der Waals surface area contributed by atoms with E-state index in [1.165, 1.54) is 0 Å². The minimum absolute atomic E-state index is 0.0534. The summed E-state index contributed by atoms with van der Waals surface area (Å²) in [5.74, 6) is 0.539. The molecule has 2 amide bonds. The molecule has 36 heavy (non-hydrogen) atoms. The summed E-state index contributed by atoms with van der Waals surface area (Å²) in [7, 11) is 1.57. The van der Waals surface area contributed by atoms with Crippen LogP contribution in [-0.2, 0) is 4.79 Å². The average molecular weight is 481 g/mol. The first-order valence-electron chi connectivity index (χ1n) is 12.0. The predicted molar refractivity (Wildman–Crippen MR) is 139 cm³/mol. The number of imidazole rings is 1. The molecule has 0 unspecified atom stereocenters. The molecule has 5 rings (SSSR count). The van der Waals surface area contributed by atoms with Crippen LogP contribution < -0.4 is 10.1 Å². The van der Waals surface area contributed by atoms with Crippen molar-refractivity contribution in [3.8, 4) is 22.7 Å². The minimum atomic E-state index is -0.295. The molecule has 4 aromatic rings. The third-order valence-corrected chi connectivity index (χ3v) is 6.22. The van der Waals surface area contributed by atoms with Crippen LogP contribution in [0.1, 0.15) is 28.8 Å². The van der Waals surface area contributed by atoms with E-state index in [1.807, 2.05) is 72.3 Å². The number of hydrogen-bond acceptors (Lipinski definition) is 4. The smallest absolute Gasteiger partial charge is 0.254 e. The Labute approximate surface area is 210 Å². The lowest BCUT2D eigenvalue weighted by molar-refractivity contribution is -0.117. The van der Waals surface area contributed by atoms with Gasteiger partial charge in [0.05, 0.1) is 12.8 Å². The van der Waals surface area contributed by atoms with Gasteiger partial charge in [0.2, 0.25) is 11.9 Å². The molecule has 1 N–H and O–H groups in total. The van der Waals surface area contributed by atoms with Crippen LogP contribution in [0.25, 0.3) is 16.9 Å². The summed E-state index contributed by atoms with van der Waals surface area (Å²) in [6.45, 7) is 1.98. The molecule has 1 heterocycles. The standard InChI is InChI=1S/C29H28N4O3/c1-20-11-13-24(14-12-20)33-18-26(21-7-4-3-5-8-21)30-29(33)31-27(34)19-32(23-15-16-23)28(35)22-9-6-10-25(17-22)36-2/h3-14,17-18,23H,15-16,19H2,1-2H3,(H,30,31,34). The number of nitrogens with zero attached hydrogens (tertiary/aromatic N) is 3. The molecule has 1 aromatic heterocycles. The highest BCUT2D eigenvalue weighted by Crippen LogP contribution is 2.29. The SMILES string of the molecule is COc1cccc(C(=O)N(CC(=O)Nc2nc(-c3ccccc3)cn2-c2ccc(C)cc2)C2CC2)c1. The maximum Gasteiger partial charge on any atom is 0.254 e. The van der Waals surface area contributed by atoms with Gasteiger partial charge in [-0.05, 0) is 50.1 Å². The van der Waals surface area contributed by atoms with E-state index in [0.29, 0.717) is 17.3 Å². The summed E-state index contributed by atoms with van der Waals surface area (Å²) in [5, 5.41) is 2.95. The van der Waals surface area contributed by atoms with Crippen molar-refractivity contribution in [1.82, 2.24) is 14.5 Å². The fraction of sp³-hybridized carbons (Fsp3) is 0.207. The number of aromatic nitrogens is 2. The summed E-state index contributed by atoms with van der Waals surface area (Å²) in [6.07, 6.45) is 3.69. The van der Waals surface area contributed by atoms with Crippen LogP contribution in [0.5, 0.6) is 5.75 Å². The molecule has 7 heteroatoms. The zero-order valence-electron chi connectivity index (χ0n) is 20.3. The van der Waals surface area contributed by atoms with Gasteiger partial charge >= 0.3 is 0 Å². The van der Waals surface area contributed by atoms with Crippen LogP contribution in [0.2, 0.25) is 0 Å². The van der Waals surface area contributed by atoms with Crippen molar-refractivity contribution < 1.29 is 14.3 Å². The highest BCUT2D eigenvalue weighted by Gasteiger charge is 2.34. The van der Waals surface area contributed by atoms with Gasteiger partial charge in [0.25, 0.3) is 5.91 Å². The van der Waals surface area contributed by atoms with Crippen LogP contribution in [-0.4, -0.2) is 46.0 Å². The zero-order valence-corrected chi connectivity index (χ0v) is 20.3. The molecule has 0 bridgehead atoms. The number of amides is 2. The van der Waals surface area contributed by atoms with E-state index in [-0.39, 0.29) is 24.4 Å².